The van der Waals surface area contributed by atoms with Crippen molar-refractivity contribution in [1.29, 1.82) is 0 Å². The van der Waals surface area contributed by atoms with Crippen molar-refractivity contribution in [1.82, 2.24) is 4.90 Å². The van der Waals surface area contributed by atoms with Crippen LogP contribution in [0.4, 0.5) is 5.69 Å². The molecule has 0 aromatic heterocycles. The molecule has 4 aromatic rings. The largest absolute Gasteiger partial charge is 0.334 e. The van der Waals surface area contributed by atoms with E-state index >= 15 is 0 Å². The Morgan fingerprint density at radius 2 is 1.53 bits per heavy atom. The molecule has 5 nitrogen and oxygen atoms in total. The smallest absolute Gasteiger partial charge is 0.261 e. The summed E-state index contributed by atoms with van der Waals surface area (Å²) in [5.74, 6) is -0.0154. The van der Waals surface area contributed by atoms with Crippen molar-refractivity contribution in [2.75, 3.05) is 11.3 Å². The molecule has 0 fully saturated rings. The Kier molecular flexibility index (Phi) is 5.15. The van der Waals surface area contributed by atoms with E-state index in [2.05, 4.69) is 4.72 Å². The number of anilines is 1. The summed E-state index contributed by atoms with van der Waals surface area (Å²) in [6.45, 7) is 1.09. The van der Waals surface area contributed by atoms with Gasteiger partial charge in [0.25, 0.3) is 15.9 Å². The average molecular weight is 443 g/mol. The zero-order valence-electron chi connectivity index (χ0n) is 17.4. The molecule has 160 valence electrons. The highest BCUT2D eigenvalue weighted by Crippen LogP contribution is 2.26. The van der Waals surface area contributed by atoms with Crippen LogP contribution in [0.2, 0.25) is 0 Å². The van der Waals surface area contributed by atoms with Gasteiger partial charge in [-0.3, -0.25) is 9.52 Å². The van der Waals surface area contributed by atoms with Gasteiger partial charge in [-0.15, -0.1) is 0 Å². The summed E-state index contributed by atoms with van der Waals surface area (Å²) in [7, 11) is -3.73. The van der Waals surface area contributed by atoms with Crippen molar-refractivity contribution in [3.8, 4) is 0 Å². The van der Waals surface area contributed by atoms with E-state index in [1.807, 2.05) is 72.8 Å². The first-order chi connectivity index (χ1) is 15.5. The van der Waals surface area contributed by atoms with Crippen LogP contribution in [0.25, 0.3) is 10.8 Å². The molecule has 0 aliphatic carbocycles. The van der Waals surface area contributed by atoms with Crippen molar-refractivity contribution in [2.24, 2.45) is 0 Å². The molecular formula is C26H22N2O3S. The Labute approximate surface area is 187 Å². The Morgan fingerprint density at radius 3 is 2.34 bits per heavy atom. The van der Waals surface area contributed by atoms with E-state index in [4.69, 9.17) is 0 Å². The highest BCUT2D eigenvalue weighted by molar-refractivity contribution is 7.92. The van der Waals surface area contributed by atoms with Crippen LogP contribution < -0.4 is 4.72 Å². The predicted octanol–water partition coefficient (Wildman–Crippen LogP) is 4.84. The minimum atomic E-state index is -3.73. The van der Waals surface area contributed by atoms with Crippen LogP contribution >= 0.6 is 0 Å². The van der Waals surface area contributed by atoms with Crippen molar-refractivity contribution in [2.45, 2.75) is 17.9 Å². The topological polar surface area (TPSA) is 66.5 Å². The van der Waals surface area contributed by atoms with Gasteiger partial charge in [0.2, 0.25) is 0 Å². The number of carbonyl (C=O) groups excluding carboxylic acids is 1. The second-order valence-corrected chi connectivity index (χ2v) is 9.62. The van der Waals surface area contributed by atoms with Gasteiger partial charge in [-0.05, 0) is 64.7 Å². The van der Waals surface area contributed by atoms with Crippen LogP contribution in [-0.4, -0.2) is 25.8 Å². The van der Waals surface area contributed by atoms with Gasteiger partial charge in [-0.25, -0.2) is 8.42 Å². The van der Waals surface area contributed by atoms with Crippen LogP contribution in [-0.2, 0) is 23.0 Å². The SMILES string of the molecule is O=C(c1ccccc1)N1CCc2ccc(NS(=O)(=O)c3ccc4ccccc4c3)cc2C1. The summed E-state index contributed by atoms with van der Waals surface area (Å²) in [6, 6.07) is 27.5. The van der Waals surface area contributed by atoms with Gasteiger partial charge >= 0.3 is 0 Å². The molecule has 5 rings (SSSR count). The maximum absolute atomic E-state index is 13.0. The summed E-state index contributed by atoms with van der Waals surface area (Å²) < 4.78 is 28.7. The molecule has 6 heteroatoms. The third kappa shape index (κ3) is 3.97. The number of carbonyl (C=O) groups is 1. The summed E-state index contributed by atoms with van der Waals surface area (Å²) in [6.07, 6.45) is 0.742. The monoisotopic (exact) mass is 442 g/mol. The van der Waals surface area contributed by atoms with Gasteiger partial charge in [0.05, 0.1) is 4.90 Å². The standard InChI is InChI=1S/C26H22N2O3S/c29-26(21-7-2-1-3-8-21)28-15-14-20-10-12-24(16-23(20)18-28)27-32(30,31)25-13-11-19-6-4-5-9-22(19)17-25/h1-13,16-17,27H,14-15,18H2. The fourth-order valence-electron chi connectivity index (χ4n) is 4.11. The molecule has 0 bridgehead atoms. The minimum absolute atomic E-state index is 0.0154. The van der Waals surface area contributed by atoms with Gasteiger partial charge < -0.3 is 4.90 Å². The lowest BCUT2D eigenvalue weighted by Crippen LogP contribution is -2.36. The second kappa shape index (κ2) is 8.13. The van der Waals surface area contributed by atoms with E-state index in [1.54, 1.807) is 23.1 Å². The van der Waals surface area contributed by atoms with E-state index in [1.165, 1.54) is 0 Å². The summed E-state index contributed by atoms with van der Waals surface area (Å²) in [4.78, 5) is 14.9. The lowest BCUT2D eigenvalue weighted by molar-refractivity contribution is 0.0734. The van der Waals surface area contributed by atoms with Gasteiger partial charge in [0.15, 0.2) is 0 Å². The van der Waals surface area contributed by atoms with Gasteiger partial charge in [0, 0.05) is 24.3 Å². The van der Waals surface area contributed by atoms with Crippen LogP contribution in [0.15, 0.2) is 95.9 Å². The molecule has 0 atom stereocenters. The van der Waals surface area contributed by atoms with Gasteiger partial charge in [0.1, 0.15) is 0 Å². The zero-order chi connectivity index (χ0) is 22.1. The fourth-order valence-corrected chi connectivity index (χ4v) is 5.19. The molecule has 0 saturated carbocycles. The third-order valence-corrected chi connectivity index (χ3v) is 7.19. The molecule has 1 amide bonds. The number of nitrogens with one attached hydrogen (secondary N) is 1. The molecule has 4 aromatic carbocycles. The molecule has 32 heavy (non-hydrogen) atoms. The van der Waals surface area contributed by atoms with Gasteiger partial charge in [-0.2, -0.15) is 0 Å². The maximum atomic E-state index is 13.0. The highest BCUT2D eigenvalue weighted by Gasteiger charge is 2.23. The second-order valence-electron chi connectivity index (χ2n) is 7.94. The summed E-state index contributed by atoms with van der Waals surface area (Å²) in [5, 5.41) is 1.86. The number of amides is 1. The number of benzene rings is 4. The van der Waals surface area contributed by atoms with Crippen LogP contribution in [0.3, 0.4) is 0 Å². The van der Waals surface area contributed by atoms with Crippen LogP contribution in [0.1, 0.15) is 21.5 Å². The Bertz CT molecular complexity index is 1420. The van der Waals surface area contributed by atoms with E-state index in [0.29, 0.717) is 24.3 Å². The minimum Gasteiger partial charge on any atom is -0.334 e. The van der Waals surface area contributed by atoms with E-state index in [9.17, 15) is 13.2 Å². The van der Waals surface area contributed by atoms with E-state index in [0.717, 1.165) is 28.3 Å². The normalized spacial score (nSPS) is 13.6. The molecule has 0 unspecified atom stereocenters. The highest BCUT2D eigenvalue weighted by atomic mass is 32.2. The number of fused-ring (bicyclic) bond motifs is 2. The molecule has 0 radical (unpaired) electrons. The van der Waals surface area contributed by atoms with Gasteiger partial charge in [-0.1, -0.05) is 54.6 Å². The Balaban J connectivity index is 1.38. The molecule has 0 spiro atoms. The third-order valence-electron chi connectivity index (χ3n) is 5.81. The van der Waals surface area contributed by atoms with E-state index < -0.39 is 10.0 Å². The lowest BCUT2D eigenvalue weighted by Gasteiger charge is -2.29. The lowest BCUT2D eigenvalue weighted by atomic mass is 9.98. The number of hydrogen-bond acceptors (Lipinski definition) is 3. The van der Waals surface area contributed by atoms with Crippen LogP contribution in [0, 0.1) is 0 Å². The first-order valence-corrected chi connectivity index (χ1v) is 12.0. The predicted molar refractivity (Wildman–Crippen MR) is 126 cm³/mol. The molecular weight excluding hydrogens is 420 g/mol. The van der Waals surface area contributed by atoms with Crippen LogP contribution in [0.5, 0.6) is 0 Å². The van der Waals surface area contributed by atoms with Crippen molar-refractivity contribution >= 4 is 32.4 Å². The molecule has 1 heterocycles. The first kappa shape index (κ1) is 20.3. The first-order valence-electron chi connectivity index (χ1n) is 10.5. The average Bonchev–Trinajstić information content (AvgIpc) is 2.83. The molecule has 1 aliphatic rings. The number of sulfonamides is 1. The maximum Gasteiger partial charge on any atom is 0.261 e. The Hall–Kier alpha value is -3.64. The number of hydrogen-bond donors (Lipinski definition) is 1. The molecule has 1 N–H and O–H groups in total. The summed E-state index contributed by atoms with van der Waals surface area (Å²) >= 11 is 0. The molecule has 1 aliphatic heterocycles. The summed E-state index contributed by atoms with van der Waals surface area (Å²) in [5.41, 5.74) is 3.24. The Morgan fingerprint density at radius 1 is 0.781 bits per heavy atom. The van der Waals surface area contributed by atoms with Crippen molar-refractivity contribution in [3.63, 3.8) is 0 Å². The molecule has 0 saturated heterocycles. The van der Waals surface area contributed by atoms with Crippen molar-refractivity contribution < 1.29 is 13.2 Å². The van der Waals surface area contributed by atoms with Crippen molar-refractivity contribution in [3.05, 3.63) is 108 Å². The van der Waals surface area contributed by atoms with E-state index in [-0.39, 0.29) is 10.8 Å². The zero-order valence-corrected chi connectivity index (χ0v) is 18.2. The number of rotatable bonds is 4. The fraction of sp³-hybridized carbons (Fsp3) is 0.115. The number of nitrogens with zero attached hydrogens (tertiary/aromatic N) is 1. The quantitative estimate of drug-likeness (QED) is 0.492.